The van der Waals surface area contributed by atoms with Crippen LogP contribution in [0.2, 0.25) is 0 Å². The van der Waals surface area contributed by atoms with E-state index in [4.69, 9.17) is 15.2 Å². The molecule has 138 valence electrons. The number of nitrogens with two attached hydrogens (primary N) is 1. The van der Waals surface area contributed by atoms with Crippen LogP contribution in [0.5, 0.6) is 11.5 Å². The largest absolute Gasteiger partial charge is 0.497 e. The summed E-state index contributed by atoms with van der Waals surface area (Å²) >= 11 is 0. The molecule has 0 fully saturated rings. The van der Waals surface area contributed by atoms with Gasteiger partial charge in [0, 0.05) is 6.42 Å². The summed E-state index contributed by atoms with van der Waals surface area (Å²) in [6, 6.07) is 15.1. The highest BCUT2D eigenvalue weighted by Gasteiger charge is 2.19. The van der Waals surface area contributed by atoms with Gasteiger partial charge in [-0.2, -0.15) is 0 Å². The first-order valence-electron chi connectivity index (χ1n) is 8.23. The fraction of sp³-hybridized carbons (Fsp3) is 0.263. The van der Waals surface area contributed by atoms with E-state index in [-0.39, 0.29) is 5.91 Å². The van der Waals surface area contributed by atoms with Gasteiger partial charge in [0.05, 0.1) is 13.7 Å². The average molecular weight is 357 g/mol. The molecule has 2 aromatic carbocycles. The Kier molecular flexibility index (Phi) is 7.30. The molecule has 26 heavy (non-hydrogen) atoms. The van der Waals surface area contributed by atoms with E-state index in [0.29, 0.717) is 25.3 Å². The number of urea groups is 1. The Balaban J connectivity index is 1.81. The molecule has 0 aromatic heterocycles. The summed E-state index contributed by atoms with van der Waals surface area (Å²) in [6.07, 6.45) is 0.356. The van der Waals surface area contributed by atoms with E-state index in [9.17, 15) is 9.59 Å². The average Bonchev–Trinajstić information content (AvgIpc) is 2.65. The van der Waals surface area contributed by atoms with Crippen LogP contribution in [0.25, 0.3) is 0 Å². The molecule has 0 radical (unpaired) electrons. The zero-order chi connectivity index (χ0) is 18.8. The van der Waals surface area contributed by atoms with Gasteiger partial charge < -0.3 is 25.8 Å². The van der Waals surface area contributed by atoms with Crippen LogP contribution < -0.4 is 25.8 Å². The second-order valence-electron chi connectivity index (χ2n) is 5.57. The topological polar surface area (TPSA) is 103 Å². The number of hydrogen-bond donors (Lipinski definition) is 3. The van der Waals surface area contributed by atoms with Gasteiger partial charge in [-0.3, -0.25) is 4.79 Å². The highest BCUT2D eigenvalue weighted by molar-refractivity contribution is 5.86. The second-order valence-corrected chi connectivity index (χ2v) is 5.57. The first-order valence-corrected chi connectivity index (χ1v) is 8.23. The van der Waals surface area contributed by atoms with Gasteiger partial charge in [-0.05, 0) is 29.8 Å². The van der Waals surface area contributed by atoms with Gasteiger partial charge in [-0.15, -0.1) is 0 Å². The van der Waals surface area contributed by atoms with Gasteiger partial charge in [0.25, 0.3) is 0 Å². The van der Waals surface area contributed by atoms with Gasteiger partial charge in [0.1, 0.15) is 24.1 Å². The van der Waals surface area contributed by atoms with E-state index < -0.39 is 12.1 Å². The van der Waals surface area contributed by atoms with Crippen molar-refractivity contribution in [2.75, 3.05) is 20.3 Å². The molecule has 0 aliphatic heterocycles. The lowest BCUT2D eigenvalue weighted by atomic mass is 10.1. The molecular weight excluding hydrogens is 334 g/mol. The van der Waals surface area contributed by atoms with Crippen molar-refractivity contribution in [1.82, 2.24) is 10.6 Å². The van der Waals surface area contributed by atoms with Crippen LogP contribution in [0, 0.1) is 0 Å². The molecule has 0 saturated carbocycles. The fourth-order valence-electron chi connectivity index (χ4n) is 2.37. The Morgan fingerprint density at radius 3 is 2.31 bits per heavy atom. The number of nitrogens with one attached hydrogen (secondary N) is 2. The van der Waals surface area contributed by atoms with E-state index in [0.717, 1.165) is 11.3 Å². The third-order valence-corrected chi connectivity index (χ3v) is 3.65. The molecule has 3 amide bonds. The third-order valence-electron chi connectivity index (χ3n) is 3.65. The van der Waals surface area contributed by atoms with Crippen molar-refractivity contribution in [3.8, 4) is 11.5 Å². The smallest absolute Gasteiger partial charge is 0.312 e. The third kappa shape index (κ3) is 6.35. The Morgan fingerprint density at radius 2 is 1.69 bits per heavy atom. The first-order chi connectivity index (χ1) is 12.6. The molecule has 2 rings (SSSR count). The van der Waals surface area contributed by atoms with Crippen molar-refractivity contribution < 1.29 is 19.1 Å². The standard InChI is InChI=1S/C19H23N3O4/c1-25-15-7-9-16(10-8-15)26-12-11-21-18(23)17(22-19(20)24)13-14-5-3-2-4-6-14/h2-10,17H,11-13H2,1H3,(H,21,23)(H3,20,22,24). The quantitative estimate of drug-likeness (QED) is 0.591. The van der Waals surface area contributed by atoms with Crippen molar-refractivity contribution in [2.24, 2.45) is 5.73 Å². The Bertz CT molecular complexity index is 704. The fourth-order valence-corrected chi connectivity index (χ4v) is 2.37. The second kappa shape index (κ2) is 9.93. The van der Waals surface area contributed by atoms with Crippen LogP contribution in [0.4, 0.5) is 4.79 Å². The summed E-state index contributed by atoms with van der Waals surface area (Å²) in [5, 5.41) is 5.21. The lowest BCUT2D eigenvalue weighted by molar-refractivity contribution is -0.123. The van der Waals surface area contributed by atoms with Crippen molar-refractivity contribution in [1.29, 1.82) is 0 Å². The summed E-state index contributed by atoms with van der Waals surface area (Å²) in [6.45, 7) is 0.600. The molecular formula is C19H23N3O4. The summed E-state index contributed by atoms with van der Waals surface area (Å²) in [5.74, 6) is 1.11. The number of ether oxygens (including phenoxy) is 2. The predicted molar refractivity (Wildman–Crippen MR) is 98.2 cm³/mol. The minimum Gasteiger partial charge on any atom is -0.497 e. The van der Waals surface area contributed by atoms with Gasteiger partial charge in [0.15, 0.2) is 0 Å². The maximum absolute atomic E-state index is 12.3. The number of carbonyl (C=O) groups is 2. The lowest BCUT2D eigenvalue weighted by Gasteiger charge is -2.17. The Morgan fingerprint density at radius 1 is 1.04 bits per heavy atom. The highest BCUT2D eigenvalue weighted by Crippen LogP contribution is 2.16. The maximum atomic E-state index is 12.3. The summed E-state index contributed by atoms with van der Waals surface area (Å²) in [4.78, 5) is 23.5. The lowest BCUT2D eigenvalue weighted by Crippen LogP contribution is -2.50. The van der Waals surface area contributed by atoms with Crippen molar-refractivity contribution in [3.05, 3.63) is 60.2 Å². The van der Waals surface area contributed by atoms with Crippen LogP contribution in [-0.2, 0) is 11.2 Å². The number of methoxy groups -OCH3 is 1. The van der Waals surface area contributed by atoms with Crippen molar-refractivity contribution >= 4 is 11.9 Å². The van der Waals surface area contributed by atoms with E-state index >= 15 is 0 Å². The van der Waals surface area contributed by atoms with E-state index in [1.807, 2.05) is 30.3 Å². The molecule has 7 nitrogen and oxygen atoms in total. The number of primary amides is 1. The zero-order valence-corrected chi connectivity index (χ0v) is 14.6. The molecule has 0 aliphatic rings. The SMILES string of the molecule is COc1ccc(OCCNC(=O)C(Cc2ccccc2)NC(N)=O)cc1. The normalized spacial score (nSPS) is 11.3. The molecule has 0 heterocycles. The molecule has 1 atom stereocenters. The number of benzene rings is 2. The first kappa shape index (κ1) is 19.1. The van der Waals surface area contributed by atoms with Crippen LogP contribution in [0.1, 0.15) is 5.56 Å². The molecule has 1 unspecified atom stereocenters. The number of rotatable bonds is 9. The van der Waals surface area contributed by atoms with Gasteiger partial charge in [-0.25, -0.2) is 4.79 Å². The van der Waals surface area contributed by atoms with Gasteiger partial charge in [-0.1, -0.05) is 30.3 Å². The minimum absolute atomic E-state index is 0.298. The zero-order valence-electron chi connectivity index (χ0n) is 14.6. The Hall–Kier alpha value is -3.22. The van der Waals surface area contributed by atoms with Crippen molar-refractivity contribution in [2.45, 2.75) is 12.5 Å². The molecule has 0 spiro atoms. The van der Waals surface area contributed by atoms with Gasteiger partial charge in [0.2, 0.25) is 5.91 Å². The molecule has 2 aromatic rings. The van der Waals surface area contributed by atoms with E-state index in [1.165, 1.54) is 0 Å². The molecule has 7 heteroatoms. The van der Waals surface area contributed by atoms with Crippen LogP contribution in [-0.4, -0.2) is 38.2 Å². The molecule has 0 bridgehead atoms. The minimum atomic E-state index is -0.740. The predicted octanol–water partition coefficient (Wildman–Crippen LogP) is 1.47. The van der Waals surface area contributed by atoms with E-state index in [2.05, 4.69) is 10.6 Å². The maximum Gasteiger partial charge on any atom is 0.312 e. The monoisotopic (exact) mass is 357 g/mol. The number of hydrogen-bond acceptors (Lipinski definition) is 4. The Labute approximate surface area is 152 Å². The van der Waals surface area contributed by atoms with Crippen LogP contribution >= 0.6 is 0 Å². The summed E-state index contributed by atoms with van der Waals surface area (Å²) < 4.78 is 10.6. The van der Waals surface area contributed by atoms with Crippen LogP contribution in [0.15, 0.2) is 54.6 Å². The highest BCUT2D eigenvalue weighted by atomic mass is 16.5. The molecule has 0 aliphatic carbocycles. The van der Waals surface area contributed by atoms with Crippen LogP contribution in [0.3, 0.4) is 0 Å². The number of amides is 3. The summed E-state index contributed by atoms with van der Waals surface area (Å²) in [5.41, 5.74) is 6.10. The van der Waals surface area contributed by atoms with Crippen molar-refractivity contribution in [3.63, 3.8) is 0 Å². The molecule has 0 saturated heterocycles. The van der Waals surface area contributed by atoms with E-state index in [1.54, 1.807) is 31.4 Å². The number of carbonyl (C=O) groups excluding carboxylic acids is 2. The summed E-state index contributed by atoms with van der Waals surface area (Å²) in [7, 11) is 1.59. The van der Waals surface area contributed by atoms with Gasteiger partial charge >= 0.3 is 6.03 Å². The molecule has 4 N–H and O–H groups in total.